The topological polar surface area (TPSA) is 43.4 Å². The summed E-state index contributed by atoms with van der Waals surface area (Å²) in [5.74, 6) is 0.100. The van der Waals surface area contributed by atoms with E-state index in [2.05, 4.69) is 22.5 Å². The summed E-state index contributed by atoms with van der Waals surface area (Å²) in [5, 5.41) is 0. The fourth-order valence-electron chi connectivity index (χ4n) is 1.45. The van der Waals surface area contributed by atoms with Crippen LogP contribution in [0.15, 0.2) is 70.5 Å². The van der Waals surface area contributed by atoms with Crippen LogP contribution in [0.4, 0.5) is 0 Å². The molecule has 2 rings (SSSR count). The largest absolute Gasteiger partial charge is 0.379 e. The van der Waals surface area contributed by atoms with Crippen molar-refractivity contribution in [2.75, 3.05) is 0 Å². The molecule has 0 spiro atoms. The number of benzene rings is 2. The minimum absolute atomic E-state index is 0.0905. The smallest absolute Gasteiger partial charge is 0.339 e. The van der Waals surface area contributed by atoms with Crippen LogP contribution in [0.5, 0.6) is 0 Å². The lowest BCUT2D eigenvalue weighted by molar-refractivity contribution is 0.464. The first-order chi connectivity index (χ1) is 8.99. The second-order valence-corrected chi connectivity index (χ2v) is 6.24. The summed E-state index contributed by atoms with van der Waals surface area (Å²) < 4.78 is 29.9. The molecule has 0 saturated carbocycles. The zero-order chi connectivity index (χ0) is 13.9. The summed E-state index contributed by atoms with van der Waals surface area (Å²) in [5.41, 5.74) is 0.628. The quantitative estimate of drug-likeness (QED) is 0.628. The van der Waals surface area contributed by atoms with Gasteiger partial charge in [-0.05, 0) is 24.3 Å². The van der Waals surface area contributed by atoms with Crippen molar-refractivity contribution in [1.29, 1.82) is 0 Å². The molecule has 2 aromatic carbocycles. The average Bonchev–Trinajstić information content (AvgIpc) is 2.40. The van der Waals surface area contributed by atoms with Crippen molar-refractivity contribution in [3.63, 3.8) is 0 Å². The number of hydrogen-bond acceptors (Lipinski definition) is 3. The molecule has 0 aliphatic heterocycles. The van der Waals surface area contributed by atoms with Crippen molar-refractivity contribution in [3.05, 3.63) is 71.2 Å². The van der Waals surface area contributed by atoms with Crippen molar-refractivity contribution in [1.82, 2.24) is 0 Å². The molecule has 0 aliphatic carbocycles. The van der Waals surface area contributed by atoms with Gasteiger partial charge in [-0.2, -0.15) is 8.42 Å². The molecule has 0 aliphatic rings. The highest BCUT2D eigenvalue weighted by atomic mass is 79.9. The number of halogens is 1. The van der Waals surface area contributed by atoms with Crippen molar-refractivity contribution in [2.45, 2.75) is 4.90 Å². The van der Waals surface area contributed by atoms with E-state index in [0.29, 0.717) is 5.56 Å². The van der Waals surface area contributed by atoms with E-state index in [0.717, 1.165) is 4.47 Å². The molecular weight excluding hydrogens is 328 g/mol. The maximum absolute atomic E-state index is 12.0. The fourth-order valence-corrected chi connectivity index (χ4v) is 2.65. The van der Waals surface area contributed by atoms with Gasteiger partial charge in [-0.25, -0.2) is 0 Å². The SMILES string of the molecule is C=C(OS(=O)(=O)c1ccc(Br)cc1)c1ccccc1. The molecule has 5 heteroatoms. The first-order valence-electron chi connectivity index (χ1n) is 5.43. The Balaban J connectivity index is 2.23. The maximum atomic E-state index is 12.0. The first-order valence-corrected chi connectivity index (χ1v) is 7.63. The first kappa shape index (κ1) is 13.8. The third kappa shape index (κ3) is 3.45. The van der Waals surface area contributed by atoms with Crippen LogP contribution < -0.4 is 0 Å². The van der Waals surface area contributed by atoms with Crippen LogP contribution in [-0.4, -0.2) is 8.42 Å². The van der Waals surface area contributed by atoms with Gasteiger partial charge in [0.15, 0.2) is 0 Å². The van der Waals surface area contributed by atoms with Crippen LogP contribution in [0, 0.1) is 0 Å². The third-order valence-electron chi connectivity index (χ3n) is 2.41. The summed E-state index contributed by atoms with van der Waals surface area (Å²) in [7, 11) is -3.84. The van der Waals surface area contributed by atoms with Gasteiger partial charge >= 0.3 is 10.1 Å². The molecule has 3 nitrogen and oxygen atoms in total. The zero-order valence-corrected chi connectivity index (χ0v) is 12.3. The Morgan fingerprint density at radius 3 is 2.16 bits per heavy atom. The summed E-state index contributed by atoms with van der Waals surface area (Å²) in [6, 6.07) is 15.1. The second kappa shape index (κ2) is 5.59. The Morgan fingerprint density at radius 1 is 1.00 bits per heavy atom. The van der Waals surface area contributed by atoms with Crippen LogP contribution in [0.2, 0.25) is 0 Å². The normalized spacial score (nSPS) is 11.0. The Bertz CT molecular complexity index is 676. The van der Waals surface area contributed by atoms with Crippen LogP contribution >= 0.6 is 15.9 Å². The van der Waals surface area contributed by atoms with Crippen LogP contribution in [-0.2, 0) is 14.3 Å². The van der Waals surface area contributed by atoms with E-state index in [1.807, 2.05) is 6.07 Å². The fraction of sp³-hybridized carbons (Fsp3) is 0. The minimum Gasteiger partial charge on any atom is -0.379 e. The molecule has 0 bridgehead atoms. The van der Waals surface area contributed by atoms with Crippen LogP contribution in [0.3, 0.4) is 0 Å². The van der Waals surface area contributed by atoms with E-state index >= 15 is 0 Å². The average molecular weight is 339 g/mol. The number of hydrogen-bond donors (Lipinski definition) is 0. The van der Waals surface area contributed by atoms with E-state index in [-0.39, 0.29) is 10.7 Å². The standard InChI is InChI=1S/C14H11BrO3S/c1-11(12-5-3-2-4-6-12)18-19(16,17)14-9-7-13(15)8-10-14/h2-10H,1H2. The maximum Gasteiger partial charge on any atom is 0.339 e. The van der Waals surface area contributed by atoms with E-state index in [1.165, 1.54) is 12.1 Å². The molecule has 0 fully saturated rings. The highest BCUT2D eigenvalue weighted by Crippen LogP contribution is 2.22. The highest BCUT2D eigenvalue weighted by molar-refractivity contribution is 9.10. The van der Waals surface area contributed by atoms with Crippen molar-refractivity contribution in [2.24, 2.45) is 0 Å². The van der Waals surface area contributed by atoms with Gasteiger partial charge in [0.25, 0.3) is 0 Å². The molecule has 0 saturated heterocycles. The molecule has 98 valence electrons. The summed E-state index contributed by atoms with van der Waals surface area (Å²) in [4.78, 5) is 0.0905. The lowest BCUT2D eigenvalue weighted by Gasteiger charge is -2.09. The summed E-state index contributed by atoms with van der Waals surface area (Å²) in [6.45, 7) is 3.64. The minimum atomic E-state index is -3.84. The van der Waals surface area contributed by atoms with E-state index in [1.54, 1.807) is 36.4 Å². The van der Waals surface area contributed by atoms with Crippen molar-refractivity contribution < 1.29 is 12.6 Å². The van der Waals surface area contributed by atoms with Crippen molar-refractivity contribution >= 4 is 31.8 Å². The Morgan fingerprint density at radius 2 is 1.58 bits per heavy atom. The predicted octanol–water partition coefficient (Wildman–Crippen LogP) is 3.83. The Labute approximate surface area is 120 Å². The molecule has 0 amide bonds. The van der Waals surface area contributed by atoms with E-state index in [9.17, 15) is 8.42 Å². The number of rotatable bonds is 4. The van der Waals surface area contributed by atoms with Crippen LogP contribution in [0.1, 0.15) is 5.56 Å². The van der Waals surface area contributed by atoms with Crippen molar-refractivity contribution in [3.8, 4) is 0 Å². The van der Waals surface area contributed by atoms with Gasteiger partial charge in [0.1, 0.15) is 10.7 Å². The van der Waals surface area contributed by atoms with Crippen LogP contribution in [0.25, 0.3) is 5.76 Å². The third-order valence-corrected chi connectivity index (χ3v) is 4.21. The predicted molar refractivity (Wildman–Crippen MR) is 77.9 cm³/mol. The summed E-state index contributed by atoms with van der Waals surface area (Å²) >= 11 is 3.25. The Kier molecular flexibility index (Phi) is 4.07. The molecular formula is C14H11BrO3S. The molecule has 0 radical (unpaired) electrons. The molecule has 0 N–H and O–H groups in total. The van der Waals surface area contributed by atoms with E-state index < -0.39 is 10.1 Å². The molecule has 0 atom stereocenters. The van der Waals surface area contributed by atoms with Gasteiger partial charge < -0.3 is 4.18 Å². The Hall–Kier alpha value is -1.59. The molecule has 2 aromatic rings. The zero-order valence-electron chi connectivity index (χ0n) is 9.91. The van der Waals surface area contributed by atoms with E-state index in [4.69, 9.17) is 4.18 Å². The monoisotopic (exact) mass is 338 g/mol. The summed E-state index contributed by atoms with van der Waals surface area (Å²) in [6.07, 6.45) is 0. The van der Waals surface area contributed by atoms with Gasteiger partial charge in [-0.15, -0.1) is 0 Å². The molecule has 0 unspecified atom stereocenters. The van der Waals surface area contributed by atoms with Gasteiger partial charge in [0, 0.05) is 10.0 Å². The lowest BCUT2D eigenvalue weighted by Crippen LogP contribution is -2.05. The molecule has 0 heterocycles. The lowest BCUT2D eigenvalue weighted by atomic mass is 10.2. The molecule has 0 aromatic heterocycles. The van der Waals surface area contributed by atoms with Gasteiger partial charge in [-0.1, -0.05) is 52.8 Å². The highest BCUT2D eigenvalue weighted by Gasteiger charge is 2.17. The second-order valence-electron chi connectivity index (χ2n) is 3.78. The van der Waals surface area contributed by atoms with Gasteiger partial charge in [-0.3, -0.25) is 0 Å². The molecule has 19 heavy (non-hydrogen) atoms. The van der Waals surface area contributed by atoms with Gasteiger partial charge in [0.05, 0.1) is 0 Å². The van der Waals surface area contributed by atoms with Gasteiger partial charge in [0.2, 0.25) is 0 Å².